The molecule has 1 atom stereocenters. The predicted molar refractivity (Wildman–Crippen MR) is 76.8 cm³/mol. The molecule has 0 bridgehead atoms. The van der Waals surface area contributed by atoms with Crippen molar-refractivity contribution in [3.8, 4) is 0 Å². The number of nitrogens with zero attached hydrogens (tertiary/aromatic N) is 3. The summed E-state index contributed by atoms with van der Waals surface area (Å²) in [7, 11) is 1.73. The fourth-order valence-corrected chi connectivity index (χ4v) is 2.78. The van der Waals surface area contributed by atoms with E-state index in [9.17, 15) is 0 Å². The highest BCUT2D eigenvalue weighted by molar-refractivity contribution is 5.17. The normalized spacial score (nSPS) is 18.4. The summed E-state index contributed by atoms with van der Waals surface area (Å²) in [5.41, 5.74) is 8.03. The SMILES string of the molecule is COCCC(C)n1nnc(CCN)c1C1CCOCC1. The molecule has 1 fully saturated rings. The van der Waals surface area contributed by atoms with Gasteiger partial charge in [0.1, 0.15) is 0 Å². The van der Waals surface area contributed by atoms with Crippen molar-refractivity contribution in [1.82, 2.24) is 15.0 Å². The number of hydrogen-bond acceptors (Lipinski definition) is 5. The third-order valence-corrected chi connectivity index (χ3v) is 3.95. The van der Waals surface area contributed by atoms with Gasteiger partial charge >= 0.3 is 0 Å². The quantitative estimate of drug-likeness (QED) is 0.815. The van der Waals surface area contributed by atoms with E-state index in [4.69, 9.17) is 15.2 Å². The van der Waals surface area contributed by atoms with Gasteiger partial charge in [-0.2, -0.15) is 0 Å². The van der Waals surface area contributed by atoms with Crippen LogP contribution in [-0.2, 0) is 15.9 Å². The second-order valence-electron chi connectivity index (χ2n) is 5.42. The first-order valence-electron chi connectivity index (χ1n) is 7.48. The maximum atomic E-state index is 5.70. The first kappa shape index (κ1) is 15.4. The molecule has 2 rings (SSSR count). The minimum absolute atomic E-state index is 0.298. The molecular formula is C14H26N4O2. The minimum Gasteiger partial charge on any atom is -0.385 e. The summed E-state index contributed by atoms with van der Waals surface area (Å²) in [6.45, 7) is 5.17. The first-order valence-corrected chi connectivity index (χ1v) is 7.48. The van der Waals surface area contributed by atoms with Crippen LogP contribution < -0.4 is 5.73 Å². The number of rotatable bonds is 7. The maximum absolute atomic E-state index is 5.70. The average molecular weight is 282 g/mol. The van der Waals surface area contributed by atoms with Gasteiger partial charge in [-0.15, -0.1) is 5.10 Å². The van der Waals surface area contributed by atoms with E-state index in [-0.39, 0.29) is 0 Å². The van der Waals surface area contributed by atoms with E-state index in [1.807, 2.05) is 0 Å². The van der Waals surface area contributed by atoms with Crippen LogP contribution in [0.25, 0.3) is 0 Å². The molecule has 1 aromatic rings. The highest BCUT2D eigenvalue weighted by Crippen LogP contribution is 2.31. The second kappa shape index (κ2) is 7.71. The summed E-state index contributed by atoms with van der Waals surface area (Å²) in [6.07, 6.45) is 3.83. The molecule has 1 aliphatic rings. The highest BCUT2D eigenvalue weighted by atomic mass is 16.5. The van der Waals surface area contributed by atoms with Crippen LogP contribution in [0.2, 0.25) is 0 Å². The summed E-state index contributed by atoms with van der Waals surface area (Å²) in [4.78, 5) is 0. The topological polar surface area (TPSA) is 75.2 Å². The Labute approximate surface area is 120 Å². The average Bonchev–Trinajstić information content (AvgIpc) is 2.90. The van der Waals surface area contributed by atoms with Gasteiger partial charge in [0.25, 0.3) is 0 Å². The van der Waals surface area contributed by atoms with E-state index < -0.39 is 0 Å². The van der Waals surface area contributed by atoms with Gasteiger partial charge in [0.15, 0.2) is 0 Å². The zero-order chi connectivity index (χ0) is 14.4. The van der Waals surface area contributed by atoms with Gasteiger partial charge in [0, 0.05) is 39.3 Å². The molecule has 6 heteroatoms. The number of nitrogens with two attached hydrogens (primary N) is 1. The van der Waals surface area contributed by atoms with Gasteiger partial charge in [0.2, 0.25) is 0 Å². The molecule has 0 aromatic carbocycles. The third-order valence-electron chi connectivity index (χ3n) is 3.95. The number of aromatic nitrogens is 3. The van der Waals surface area contributed by atoms with Gasteiger partial charge < -0.3 is 15.2 Å². The summed E-state index contributed by atoms with van der Waals surface area (Å²) >= 11 is 0. The van der Waals surface area contributed by atoms with Crippen LogP contribution in [0.5, 0.6) is 0 Å². The van der Waals surface area contributed by atoms with E-state index >= 15 is 0 Å². The Balaban J connectivity index is 2.21. The molecule has 6 nitrogen and oxygen atoms in total. The smallest absolute Gasteiger partial charge is 0.0874 e. The molecule has 2 heterocycles. The van der Waals surface area contributed by atoms with Crippen LogP contribution in [0.15, 0.2) is 0 Å². The Hall–Kier alpha value is -0.980. The van der Waals surface area contributed by atoms with E-state index in [0.717, 1.165) is 51.2 Å². The molecule has 0 saturated carbocycles. The van der Waals surface area contributed by atoms with Crippen LogP contribution in [0.4, 0.5) is 0 Å². The van der Waals surface area contributed by atoms with Crippen molar-refractivity contribution >= 4 is 0 Å². The Morgan fingerprint density at radius 3 is 2.85 bits per heavy atom. The molecule has 0 aliphatic carbocycles. The number of methoxy groups -OCH3 is 1. The molecule has 1 saturated heterocycles. The van der Waals surface area contributed by atoms with Crippen molar-refractivity contribution in [2.45, 2.75) is 44.6 Å². The van der Waals surface area contributed by atoms with E-state index in [1.54, 1.807) is 7.11 Å². The second-order valence-corrected chi connectivity index (χ2v) is 5.42. The van der Waals surface area contributed by atoms with Crippen molar-refractivity contribution in [2.75, 3.05) is 33.5 Å². The number of ether oxygens (including phenoxy) is 2. The fraction of sp³-hybridized carbons (Fsp3) is 0.857. The van der Waals surface area contributed by atoms with Gasteiger partial charge in [-0.25, -0.2) is 4.68 Å². The lowest BCUT2D eigenvalue weighted by molar-refractivity contribution is 0.0826. The van der Waals surface area contributed by atoms with Crippen molar-refractivity contribution in [3.05, 3.63) is 11.4 Å². The minimum atomic E-state index is 0.298. The Kier molecular flexibility index (Phi) is 5.94. The summed E-state index contributed by atoms with van der Waals surface area (Å²) < 4.78 is 12.7. The van der Waals surface area contributed by atoms with E-state index in [1.165, 1.54) is 5.69 Å². The summed E-state index contributed by atoms with van der Waals surface area (Å²) in [5.74, 6) is 0.491. The monoisotopic (exact) mass is 282 g/mol. The molecule has 1 aliphatic heterocycles. The molecule has 2 N–H and O–H groups in total. The fourth-order valence-electron chi connectivity index (χ4n) is 2.78. The molecule has 0 spiro atoms. The standard InChI is InChI=1S/C14H26N4O2/c1-11(4-8-19-2)18-14(12-5-9-20-10-6-12)13(3-7-15)16-17-18/h11-12H,3-10,15H2,1-2H3. The zero-order valence-electron chi connectivity index (χ0n) is 12.5. The summed E-state index contributed by atoms with van der Waals surface area (Å²) in [6, 6.07) is 0.298. The Morgan fingerprint density at radius 2 is 2.20 bits per heavy atom. The highest BCUT2D eigenvalue weighted by Gasteiger charge is 2.26. The van der Waals surface area contributed by atoms with Crippen molar-refractivity contribution in [2.24, 2.45) is 5.73 Å². The molecule has 0 amide bonds. The van der Waals surface area contributed by atoms with Gasteiger partial charge in [-0.05, 0) is 32.7 Å². The van der Waals surface area contributed by atoms with Crippen molar-refractivity contribution < 1.29 is 9.47 Å². The lowest BCUT2D eigenvalue weighted by atomic mass is 9.93. The lowest BCUT2D eigenvalue weighted by Crippen LogP contribution is -2.21. The van der Waals surface area contributed by atoms with Gasteiger partial charge in [-0.3, -0.25) is 0 Å². The van der Waals surface area contributed by atoms with E-state index in [0.29, 0.717) is 18.5 Å². The van der Waals surface area contributed by atoms with E-state index in [2.05, 4.69) is 21.9 Å². The molecule has 1 aromatic heterocycles. The first-order chi connectivity index (χ1) is 9.77. The predicted octanol–water partition coefficient (Wildman–Crippen LogP) is 1.27. The molecule has 20 heavy (non-hydrogen) atoms. The molecular weight excluding hydrogens is 256 g/mol. The lowest BCUT2D eigenvalue weighted by Gasteiger charge is -2.25. The molecule has 0 radical (unpaired) electrons. The number of hydrogen-bond donors (Lipinski definition) is 1. The third kappa shape index (κ3) is 3.56. The largest absolute Gasteiger partial charge is 0.385 e. The molecule has 114 valence electrons. The van der Waals surface area contributed by atoms with Crippen LogP contribution >= 0.6 is 0 Å². The van der Waals surface area contributed by atoms with Crippen LogP contribution in [0, 0.1) is 0 Å². The molecule has 1 unspecified atom stereocenters. The van der Waals surface area contributed by atoms with Crippen molar-refractivity contribution in [1.29, 1.82) is 0 Å². The van der Waals surface area contributed by atoms with Crippen LogP contribution in [0.1, 0.15) is 49.5 Å². The Morgan fingerprint density at radius 1 is 1.45 bits per heavy atom. The Bertz CT molecular complexity index is 402. The maximum Gasteiger partial charge on any atom is 0.0874 e. The van der Waals surface area contributed by atoms with Crippen LogP contribution in [-0.4, -0.2) is 48.5 Å². The zero-order valence-corrected chi connectivity index (χ0v) is 12.5. The van der Waals surface area contributed by atoms with Crippen LogP contribution in [0.3, 0.4) is 0 Å². The van der Waals surface area contributed by atoms with Gasteiger partial charge in [0.05, 0.1) is 17.4 Å². The van der Waals surface area contributed by atoms with Gasteiger partial charge in [-0.1, -0.05) is 5.21 Å². The summed E-state index contributed by atoms with van der Waals surface area (Å²) in [5, 5.41) is 8.74. The van der Waals surface area contributed by atoms with Crippen molar-refractivity contribution in [3.63, 3.8) is 0 Å².